The standard InChI is InChI=1S/C52H34N2/c1-2-12-34-29-37(24-21-33(34)11-1)53-49-19-9-7-17-44(49)47-30-35(22-27-51(47)53)36-23-28-52-48(31-36)45-18-8-10-20-50(45)54(52)38-25-26-43-41-15-4-3-13-39(41)40-14-5-6-16-42(40)46(43)32-38/h1-9,11-19,21-32H,10,20H2. The molecule has 2 aromatic heterocycles. The Morgan fingerprint density at radius 2 is 0.907 bits per heavy atom. The Labute approximate surface area is 312 Å². The summed E-state index contributed by atoms with van der Waals surface area (Å²) in [6, 6.07) is 63.1. The van der Waals surface area contributed by atoms with Crippen LogP contribution < -0.4 is 0 Å². The van der Waals surface area contributed by atoms with Gasteiger partial charge in [0.15, 0.2) is 0 Å². The molecule has 2 heterocycles. The number of benzene rings is 9. The van der Waals surface area contributed by atoms with Crippen molar-refractivity contribution in [1.82, 2.24) is 9.13 Å². The lowest BCUT2D eigenvalue weighted by molar-refractivity contribution is 0.889. The zero-order valence-corrected chi connectivity index (χ0v) is 29.6. The van der Waals surface area contributed by atoms with Crippen LogP contribution >= 0.6 is 0 Å². The average molecular weight is 687 g/mol. The Bertz CT molecular complexity index is 3350. The van der Waals surface area contributed by atoms with E-state index in [1.807, 2.05) is 0 Å². The summed E-state index contributed by atoms with van der Waals surface area (Å²) < 4.78 is 4.95. The van der Waals surface area contributed by atoms with Gasteiger partial charge < -0.3 is 9.13 Å². The number of fused-ring (bicyclic) bond motifs is 13. The highest BCUT2D eigenvalue weighted by molar-refractivity contribution is 6.25. The van der Waals surface area contributed by atoms with E-state index in [1.54, 1.807) is 0 Å². The molecule has 0 radical (unpaired) electrons. The van der Waals surface area contributed by atoms with Gasteiger partial charge in [-0.2, -0.15) is 0 Å². The molecule has 0 N–H and O–H groups in total. The van der Waals surface area contributed by atoms with Crippen molar-refractivity contribution in [3.8, 4) is 22.5 Å². The highest BCUT2D eigenvalue weighted by Gasteiger charge is 2.21. The van der Waals surface area contributed by atoms with Gasteiger partial charge in [-0.15, -0.1) is 0 Å². The second-order valence-electron chi connectivity index (χ2n) is 14.8. The van der Waals surface area contributed by atoms with Gasteiger partial charge in [0.05, 0.1) is 16.6 Å². The molecule has 252 valence electrons. The van der Waals surface area contributed by atoms with Gasteiger partial charge in [0.25, 0.3) is 0 Å². The summed E-state index contributed by atoms with van der Waals surface area (Å²) in [6.45, 7) is 0. The van der Waals surface area contributed by atoms with E-state index in [0.29, 0.717) is 0 Å². The van der Waals surface area contributed by atoms with Crippen molar-refractivity contribution in [1.29, 1.82) is 0 Å². The van der Waals surface area contributed by atoms with E-state index in [1.165, 1.54) is 110 Å². The van der Waals surface area contributed by atoms with Gasteiger partial charge in [-0.25, -0.2) is 0 Å². The molecule has 0 saturated heterocycles. The molecule has 0 fully saturated rings. The maximum Gasteiger partial charge on any atom is 0.0541 e. The normalized spacial score (nSPS) is 13.0. The molecule has 0 spiro atoms. The van der Waals surface area contributed by atoms with E-state index >= 15 is 0 Å². The Morgan fingerprint density at radius 3 is 1.67 bits per heavy atom. The SMILES string of the molecule is C1=Cc2c(n(-c3ccc4c5ccccc5c5ccccc5c4c3)c3ccc(-c4ccc5c(c4)c4ccccc4n5-c4ccc5ccccc5c4)cc23)CC1. The van der Waals surface area contributed by atoms with Crippen LogP contribution in [0.2, 0.25) is 0 Å². The fourth-order valence-electron chi connectivity index (χ4n) is 9.48. The monoisotopic (exact) mass is 686 g/mol. The lowest BCUT2D eigenvalue weighted by Gasteiger charge is -2.16. The third-order valence-electron chi connectivity index (χ3n) is 11.9. The van der Waals surface area contributed by atoms with Gasteiger partial charge in [-0.05, 0) is 122 Å². The van der Waals surface area contributed by atoms with Crippen molar-refractivity contribution in [2.75, 3.05) is 0 Å². The number of para-hydroxylation sites is 1. The fraction of sp³-hybridized carbons (Fsp3) is 0.0385. The van der Waals surface area contributed by atoms with Crippen molar-refractivity contribution in [2.24, 2.45) is 0 Å². The van der Waals surface area contributed by atoms with Crippen LogP contribution in [0.25, 0.3) is 104 Å². The summed E-state index contributed by atoms with van der Waals surface area (Å²) in [6.07, 6.45) is 6.76. The zero-order valence-electron chi connectivity index (χ0n) is 29.6. The van der Waals surface area contributed by atoms with E-state index in [-0.39, 0.29) is 0 Å². The van der Waals surface area contributed by atoms with E-state index in [9.17, 15) is 0 Å². The van der Waals surface area contributed by atoms with Gasteiger partial charge in [0, 0.05) is 38.8 Å². The maximum absolute atomic E-state index is 2.53. The smallest absolute Gasteiger partial charge is 0.0541 e. The molecule has 2 heteroatoms. The largest absolute Gasteiger partial charge is 0.313 e. The van der Waals surface area contributed by atoms with E-state index < -0.39 is 0 Å². The van der Waals surface area contributed by atoms with E-state index in [2.05, 4.69) is 191 Å². The van der Waals surface area contributed by atoms with E-state index in [4.69, 9.17) is 0 Å². The van der Waals surface area contributed by atoms with E-state index in [0.717, 1.165) is 12.8 Å². The van der Waals surface area contributed by atoms with Crippen molar-refractivity contribution in [2.45, 2.75) is 12.8 Å². The Morgan fingerprint density at radius 1 is 0.352 bits per heavy atom. The Kier molecular flexibility index (Phi) is 6.20. The topological polar surface area (TPSA) is 9.86 Å². The highest BCUT2D eigenvalue weighted by Crippen LogP contribution is 2.41. The Balaban J connectivity index is 1.04. The van der Waals surface area contributed by atoms with Crippen LogP contribution in [-0.2, 0) is 6.42 Å². The quantitative estimate of drug-likeness (QED) is 0.164. The number of hydrogen-bond acceptors (Lipinski definition) is 0. The van der Waals surface area contributed by atoms with Gasteiger partial charge in [-0.1, -0.05) is 127 Å². The first-order valence-corrected chi connectivity index (χ1v) is 19.0. The van der Waals surface area contributed by atoms with Gasteiger partial charge in [-0.3, -0.25) is 0 Å². The summed E-state index contributed by atoms with van der Waals surface area (Å²) in [4.78, 5) is 0. The van der Waals surface area contributed by atoms with Gasteiger partial charge in [0.1, 0.15) is 0 Å². The summed E-state index contributed by atoms with van der Waals surface area (Å²) in [5.74, 6) is 0. The lowest BCUT2D eigenvalue weighted by Crippen LogP contribution is -2.03. The number of aromatic nitrogens is 2. The first kappa shape index (κ1) is 29.7. The highest BCUT2D eigenvalue weighted by atomic mass is 15.0. The molecule has 1 aliphatic rings. The number of hydrogen-bond donors (Lipinski definition) is 0. The molecule has 0 amide bonds. The first-order chi connectivity index (χ1) is 26.8. The van der Waals surface area contributed by atoms with Crippen molar-refractivity contribution >= 4 is 81.9 Å². The summed E-state index contributed by atoms with van der Waals surface area (Å²) in [5.41, 5.74) is 11.3. The van der Waals surface area contributed by atoms with Crippen LogP contribution in [0, 0.1) is 0 Å². The van der Waals surface area contributed by atoms with Crippen LogP contribution in [0.3, 0.4) is 0 Å². The molecule has 2 nitrogen and oxygen atoms in total. The molecule has 12 rings (SSSR count). The summed E-state index contributed by atoms with van der Waals surface area (Å²) in [5, 5.41) is 14.2. The van der Waals surface area contributed by atoms with Crippen LogP contribution in [0.5, 0.6) is 0 Å². The van der Waals surface area contributed by atoms with Crippen LogP contribution in [0.1, 0.15) is 17.7 Å². The minimum absolute atomic E-state index is 1.02. The minimum Gasteiger partial charge on any atom is -0.313 e. The summed E-state index contributed by atoms with van der Waals surface area (Å²) >= 11 is 0. The predicted octanol–water partition coefficient (Wildman–Crippen LogP) is 14.0. The number of rotatable bonds is 3. The first-order valence-electron chi connectivity index (χ1n) is 19.0. The maximum atomic E-state index is 2.53. The van der Waals surface area contributed by atoms with Gasteiger partial charge in [0.2, 0.25) is 0 Å². The van der Waals surface area contributed by atoms with Gasteiger partial charge >= 0.3 is 0 Å². The molecule has 1 aliphatic carbocycles. The molecule has 0 bridgehead atoms. The minimum atomic E-state index is 1.02. The molecule has 54 heavy (non-hydrogen) atoms. The Hall–Kier alpha value is -6.90. The molecule has 0 saturated carbocycles. The molecular weight excluding hydrogens is 653 g/mol. The van der Waals surface area contributed by atoms with Crippen molar-refractivity contribution in [3.05, 3.63) is 187 Å². The molecule has 0 unspecified atom stereocenters. The van der Waals surface area contributed by atoms with Crippen molar-refractivity contribution < 1.29 is 0 Å². The molecule has 0 aliphatic heterocycles. The molecule has 0 atom stereocenters. The van der Waals surface area contributed by atoms with Crippen LogP contribution in [0.15, 0.2) is 176 Å². The third kappa shape index (κ3) is 4.22. The van der Waals surface area contributed by atoms with Crippen LogP contribution in [0.4, 0.5) is 0 Å². The second kappa shape index (κ2) is 11.3. The molecular formula is C52H34N2. The fourth-order valence-corrected chi connectivity index (χ4v) is 9.48. The predicted molar refractivity (Wildman–Crippen MR) is 230 cm³/mol. The number of nitrogens with zero attached hydrogens (tertiary/aromatic N) is 2. The summed E-state index contributed by atoms with van der Waals surface area (Å²) in [7, 11) is 0. The molecule has 9 aromatic carbocycles. The third-order valence-corrected chi connectivity index (χ3v) is 11.9. The average Bonchev–Trinajstić information content (AvgIpc) is 3.75. The van der Waals surface area contributed by atoms with Crippen LogP contribution in [-0.4, -0.2) is 9.13 Å². The number of allylic oxidation sites excluding steroid dienone is 1. The second-order valence-corrected chi connectivity index (χ2v) is 14.8. The van der Waals surface area contributed by atoms with Crippen molar-refractivity contribution in [3.63, 3.8) is 0 Å². The zero-order chi connectivity index (χ0) is 35.3. The lowest BCUT2D eigenvalue weighted by atomic mass is 9.94. The molecule has 11 aromatic rings.